The third kappa shape index (κ3) is 14.2. The summed E-state index contributed by atoms with van der Waals surface area (Å²) in [5.74, 6) is 0.903. The standard InChI is InChI=1S/C19H40/c1-17(2,3)13-11-10-12-16(14-18(4,5)6)15-19(7,8)9/h16H,10-15H2,1-9H3. The van der Waals surface area contributed by atoms with Gasteiger partial charge in [0.05, 0.1) is 0 Å². The Hall–Kier alpha value is 0. The van der Waals surface area contributed by atoms with E-state index in [4.69, 9.17) is 0 Å². The van der Waals surface area contributed by atoms with Crippen LogP contribution in [0, 0.1) is 22.2 Å². The van der Waals surface area contributed by atoms with Gasteiger partial charge in [-0.2, -0.15) is 0 Å². The molecule has 0 heteroatoms. The van der Waals surface area contributed by atoms with E-state index < -0.39 is 0 Å². The van der Waals surface area contributed by atoms with E-state index >= 15 is 0 Å². The zero-order valence-corrected chi connectivity index (χ0v) is 15.3. The van der Waals surface area contributed by atoms with Crippen molar-refractivity contribution >= 4 is 0 Å². The normalized spacial score (nSPS) is 14.2. The molecule has 0 aromatic carbocycles. The summed E-state index contributed by atoms with van der Waals surface area (Å²) in [6, 6.07) is 0. The molecule has 0 spiro atoms. The van der Waals surface area contributed by atoms with Crippen LogP contribution in [0.1, 0.15) is 101 Å². The number of rotatable bonds is 6. The average molecular weight is 269 g/mol. The Balaban J connectivity index is 4.20. The van der Waals surface area contributed by atoms with E-state index in [9.17, 15) is 0 Å². The lowest BCUT2D eigenvalue weighted by Crippen LogP contribution is -2.19. The van der Waals surface area contributed by atoms with Crippen LogP contribution in [0.25, 0.3) is 0 Å². The molecule has 19 heavy (non-hydrogen) atoms. The van der Waals surface area contributed by atoms with Gasteiger partial charge in [0.1, 0.15) is 0 Å². The second-order valence-electron chi connectivity index (χ2n) is 10.2. The van der Waals surface area contributed by atoms with Crippen LogP contribution in [0.15, 0.2) is 0 Å². The number of hydrogen-bond acceptors (Lipinski definition) is 0. The Bertz CT molecular complexity index is 212. The smallest absolute Gasteiger partial charge is 0.0380 e. The molecular weight excluding hydrogens is 228 g/mol. The Morgan fingerprint density at radius 1 is 0.579 bits per heavy atom. The topological polar surface area (TPSA) is 0 Å². The molecule has 0 radical (unpaired) electrons. The van der Waals surface area contributed by atoms with Crippen LogP contribution in [0.5, 0.6) is 0 Å². The van der Waals surface area contributed by atoms with Gasteiger partial charge in [-0.3, -0.25) is 0 Å². The maximum absolute atomic E-state index is 2.39. The Morgan fingerprint density at radius 3 is 1.32 bits per heavy atom. The lowest BCUT2D eigenvalue weighted by molar-refractivity contribution is 0.204. The molecule has 0 heterocycles. The summed E-state index contributed by atoms with van der Waals surface area (Å²) >= 11 is 0. The fraction of sp³-hybridized carbons (Fsp3) is 1.00. The summed E-state index contributed by atoms with van der Waals surface area (Å²) in [7, 11) is 0. The minimum absolute atomic E-state index is 0.472. The van der Waals surface area contributed by atoms with Crippen LogP contribution < -0.4 is 0 Å². The molecule has 0 aliphatic rings. The molecule has 0 aliphatic heterocycles. The van der Waals surface area contributed by atoms with E-state index in [0.717, 1.165) is 5.92 Å². The largest absolute Gasteiger partial charge is 0.0602 e. The molecule has 0 aliphatic carbocycles. The zero-order valence-electron chi connectivity index (χ0n) is 15.3. The predicted molar refractivity (Wildman–Crippen MR) is 89.6 cm³/mol. The molecule has 0 aromatic rings. The maximum Gasteiger partial charge on any atom is -0.0380 e. The van der Waals surface area contributed by atoms with E-state index in [1.54, 1.807) is 0 Å². The first kappa shape index (κ1) is 19.0. The second kappa shape index (κ2) is 7.14. The van der Waals surface area contributed by atoms with E-state index in [-0.39, 0.29) is 0 Å². The van der Waals surface area contributed by atoms with Crippen molar-refractivity contribution in [1.82, 2.24) is 0 Å². The zero-order chi connectivity index (χ0) is 15.3. The molecule has 0 fully saturated rings. The van der Waals surface area contributed by atoms with Gasteiger partial charge in [-0.1, -0.05) is 81.6 Å². The first-order valence-electron chi connectivity index (χ1n) is 8.29. The van der Waals surface area contributed by atoms with Crippen LogP contribution in [0.2, 0.25) is 0 Å². The lowest BCUT2D eigenvalue weighted by atomic mass is 9.75. The maximum atomic E-state index is 2.39. The van der Waals surface area contributed by atoms with Crippen LogP contribution in [0.3, 0.4) is 0 Å². The molecule has 0 saturated heterocycles. The monoisotopic (exact) mass is 268 g/mol. The van der Waals surface area contributed by atoms with Crippen molar-refractivity contribution in [2.45, 2.75) is 101 Å². The summed E-state index contributed by atoms with van der Waals surface area (Å²) in [5.41, 5.74) is 1.45. The highest BCUT2D eigenvalue weighted by Gasteiger charge is 2.23. The third-order valence-electron chi connectivity index (χ3n) is 3.59. The summed E-state index contributed by atoms with van der Waals surface area (Å²) in [5, 5.41) is 0. The van der Waals surface area contributed by atoms with Gasteiger partial charge in [0.25, 0.3) is 0 Å². The van der Waals surface area contributed by atoms with Gasteiger partial charge in [-0.15, -0.1) is 0 Å². The predicted octanol–water partition coefficient (Wildman–Crippen LogP) is 7.08. The van der Waals surface area contributed by atoms with Crippen molar-refractivity contribution in [3.8, 4) is 0 Å². The summed E-state index contributed by atoms with van der Waals surface area (Å²) < 4.78 is 0. The van der Waals surface area contributed by atoms with Crippen LogP contribution in [-0.2, 0) is 0 Å². The first-order chi connectivity index (χ1) is 8.29. The molecule has 0 N–H and O–H groups in total. The van der Waals surface area contributed by atoms with Gasteiger partial charge in [-0.25, -0.2) is 0 Å². The molecule has 0 bridgehead atoms. The molecular formula is C19H40. The first-order valence-corrected chi connectivity index (χ1v) is 8.29. The summed E-state index contributed by atoms with van der Waals surface area (Å²) in [6.45, 7) is 21.4. The van der Waals surface area contributed by atoms with Gasteiger partial charge in [0.15, 0.2) is 0 Å². The Kier molecular flexibility index (Phi) is 7.14. The molecule has 116 valence electrons. The average Bonchev–Trinajstić information content (AvgIpc) is 2.05. The van der Waals surface area contributed by atoms with Crippen molar-refractivity contribution in [3.05, 3.63) is 0 Å². The van der Waals surface area contributed by atoms with Gasteiger partial charge >= 0.3 is 0 Å². The lowest BCUT2D eigenvalue weighted by Gasteiger charge is -2.31. The van der Waals surface area contributed by atoms with Crippen LogP contribution in [0.4, 0.5) is 0 Å². The minimum atomic E-state index is 0.472. The molecule has 0 atom stereocenters. The Morgan fingerprint density at radius 2 is 1.00 bits per heavy atom. The molecule has 0 aromatic heterocycles. The Labute approximate surface area is 123 Å². The van der Waals surface area contributed by atoms with Crippen LogP contribution in [-0.4, -0.2) is 0 Å². The highest BCUT2D eigenvalue weighted by molar-refractivity contribution is 4.75. The van der Waals surface area contributed by atoms with Gasteiger partial charge in [-0.05, 0) is 41.4 Å². The van der Waals surface area contributed by atoms with E-state index in [1.807, 2.05) is 0 Å². The quantitative estimate of drug-likeness (QED) is 0.451. The van der Waals surface area contributed by atoms with Crippen molar-refractivity contribution in [2.75, 3.05) is 0 Å². The van der Waals surface area contributed by atoms with Crippen molar-refractivity contribution in [3.63, 3.8) is 0 Å². The van der Waals surface area contributed by atoms with Crippen molar-refractivity contribution in [2.24, 2.45) is 22.2 Å². The SMILES string of the molecule is CC(C)(C)CCCCC(CC(C)(C)C)CC(C)(C)C. The van der Waals surface area contributed by atoms with Crippen molar-refractivity contribution in [1.29, 1.82) is 0 Å². The molecule has 0 rings (SSSR count). The third-order valence-corrected chi connectivity index (χ3v) is 3.59. The van der Waals surface area contributed by atoms with Crippen molar-refractivity contribution < 1.29 is 0 Å². The fourth-order valence-electron chi connectivity index (χ4n) is 3.10. The molecule has 0 amide bonds. The number of hydrogen-bond donors (Lipinski definition) is 0. The van der Waals surface area contributed by atoms with Gasteiger partial charge in [0, 0.05) is 0 Å². The van der Waals surface area contributed by atoms with Crippen LogP contribution >= 0.6 is 0 Å². The highest BCUT2D eigenvalue weighted by Crippen LogP contribution is 2.36. The van der Waals surface area contributed by atoms with Gasteiger partial charge < -0.3 is 0 Å². The van der Waals surface area contributed by atoms with E-state index in [0.29, 0.717) is 16.2 Å². The van der Waals surface area contributed by atoms with E-state index in [2.05, 4.69) is 62.3 Å². The summed E-state index contributed by atoms with van der Waals surface area (Å²) in [4.78, 5) is 0. The highest BCUT2D eigenvalue weighted by atomic mass is 14.3. The minimum Gasteiger partial charge on any atom is -0.0602 e. The molecule has 0 nitrogen and oxygen atoms in total. The molecule has 0 saturated carbocycles. The summed E-state index contributed by atoms with van der Waals surface area (Å²) in [6.07, 6.45) is 8.34. The second-order valence-corrected chi connectivity index (χ2v) is 10.2. The number of unbranched alkanes of at least 4 members (excludes halogenated alkanes) is 1. The molecule has 0 unspecified atom stereocenters. The van der Waals surface area contributed by atoms with E-state index in [1.165, 1.54) is 38.5 Å². The fourth-order valence-corrected chi connectivity index (χ4v) is 3.10. The van der Waals surface area contributed by atoms with Gasteiger partial charge in [0.2, 0.25) is 0 Å².